The molecule has 0 radical (unpaired) electrons. The van der Waals surface area contributed by atoms with E-state index in [1.807, 2.05) is 12.3 Å². The molecule has 16 heavy (non-hydrogen) atoms. The van der Waals surface area contributed by atoms with Gasteiger partial charge in [0, 0.05) is 31.6 Å². The number of ether oxygens (including phenoxy) is 1. The van der Waals surface area contributed by atoms with Crippen molar-refractivity contribution in [2.75, 3.05) is 13.2 Å². The van der Waals surface area contributed by atoms with Crippen LogP contribution < -0.4 is 5.32 Å². The van der Waals surface area contributed by atoms with Crippen LogP contribution in [0, 0.1) is 0 Å². The van der Waals surface area contributed by atoms with Crippen molar-refractivity contribution in [2.45, 2.75) is 38.3 Å². The molecule has 0 saturated carbocycles. The van der Waals surface area contributed by atoms with E-state index in [0.29, 0.717) is 12.1 Å². The average Bonchev–Trinajstić information content (AvgIpc) is 2.38. The SMILES string of the molecule is C[C@H](NCC1CCCCO1)c1cccnc1. The van der Waals surface area contributed by atoms with Crippen molar-refractivity contribution in [3.63, 3.8) is 0 Å². The molecule has 0 bridgehead atoms. The quantitative estimate of drug-likeness (QED) is 0.845. The summed E-state index contributed by atoms with van der Waals surface area (Å²) < 4.78 is 5.69. The fourth-order valence-corrected chi connectivity index (χ4v) is 2.03. The number of aromatic nitrogens is 1. The molecule has 1 saturated heterocycles. The van der Waals surface area contributed by atoms with E-state index in [9.17, 15) is 0 Å². The van der Waals surface area contributed by atoms with Gasteiger partial charge in [-0.25, -0.2) is 0 Å². The average molecular weight is 220 g/mol. The number of rotatable bonds is 4. The van der Waals surface area contributed by atoms with Gasteiger partial charge in [0.05, 0.1) is 6.10 Å². The Kier molecular flexibility index (Phi) is 4.31. The van der Waals surface area contributed by atoms with Crippen LogP contribution in [0.2, 0.25) is 0 Å². The van der Waals surface area contributed by atoms with Crippen molar-refractivity contribution in [2.24, 2.45) is 0 Å². The predicted molar refractivity (Wildman–Crippen MR) is 64.2 cm³/mol. The number of pyridine rings is 1. The summed E-state index contributed by atoms with van der Waals surface area (Å²) in [7, 11) is 0. The van der Waals surface area contributed by atoms with E-state index in [0.717, 1.165) is 13.2 Å². The van der Waals surface area contributed by atoms with Crippen LogP contribution in [-0.2, 0) is 4.74 Å². The molecule has 2 heterocycles. The monoisotopic (exact) mass is 220 g/mol. The minimum absolute atomic E-state index is 0.347. The van der Waals surface area contributed by atoms with E-state index < -0.39 is 0 Å². The summed E-state index contributed by atoms with van der Waals surface area (Å²) in [6, 6.07) is 4.43. The fraction of sp³-hybridized carbons (Fsp3) is 0.615. The Morgan fingerprint density at radius 2 is 2.50 bits per heavy atom. The van der Waals surface area contributed by atoms with Crippen molar-refractivity contribution in [3.8, 4) is 0 Å². The van der Waals surface area contributed by atoms with Gasteiger partial charge in [-0.3, -0.25) is 4.98 Å². The number of hydrogen-bond acceptors (Lipinski definition) is 3. The summed E-state index contributed by atoms with van der Waals surface area (Å²) in [5.74, 6) is 0. The Morgan fingerprint density at radius 1 is 1.56 bits per heavy atom. The Labute approximate surface area is 97.2 Å². The van der Waals surface area contributed by atoms with E-state index in [1.54, 1.807) is 6.20 Å². The van der Waals surface area contributed by atoms with Gasteiger partial charge in [0.15, 0.2) is 0 Å². The minimum atomic E-state index is 0.347. The second-order valence-electron chi connectivity index (χ2n) is 4.40. The maximum atomic E-state index is 5.69. The van der Waals surface area contributed by atoms with Crippen molar-refractivity contribution in [3.05, 3.63) is 30.1 Å². The highest BCUT2D eigenvalue weighted by Crippen LogP contribution is 2.14. The van der Waals surface area contributed by atoms with E-state index in [4.69, 9.17) is 4.74 Å². The molecule has 0 aliphatic carbocycles. The molecule has 1 N–H and O–H groups in total. The summed E-state index contributed by atoms with van der Waals surface area (Å²) in [5, 5.41) is 3.50. The molecule has 1 aliphatic rings. The number of nitrogens with zero attached hydrogens (tertiary/aromatic N) is 1. The Morgan fingerprint density at radius 3 is 3.19 bits per heavy atom. The molecule has 1 fully saturated rings. The number of nitrogens with one attached hydrogen (secondary N) is 1. The van der Waals surface area contributed by atoms with E-state index >= 15 is 0 Å². The maximum absolute atomic E-state index is 5.69. The molecular formula is C13H20N2O. The normalized spacial score (nSPS) is 22.9. The lowest BCUT2D eigenvalue weighted by molar-refractivity contribution is 0.0156. The van der Waals surface area contributed by atoms with E-state index in [2.05, 4.69) is 23.3 Å². The molecule has 0 amide bonds. The van der Waals surface area contributed by atoms with Crippen molar-refractivity contribution in [1.29, 1.82) is 0 Å². The molecule has 0 aromatic carbocycles. The van der Waals surface area contributed by atoms with Gasteiger partial charge in [-0.2, -0.15) is 0 Å². The van der Waals surface area contributed by atoms with Gasteiger partial charge >= 0.3 is 0 Å². The third kappa shape index (κ3) is 3.29. The summed E-state index contributed by atoms with van der Waals surface area (Å²) in [5.41, 5.74) is 1.23. The Balaban J connectivity index is 1.77. The van der Waals surface area contributed by atoms with E-state index in [-0.39, 0.29) is 0 Å². The molecule has 3 nitrogen and oxygen atoms in total. The van der Waals surface area contributed by atoms with Crippen LogP contribution in [0.5, 0.6) is 0 Å². The highest BCUT2D eigenvalue weighted by Gasteiger charge is 2.14. The smallest absolute Gasteiger partial charge is 0.0699 e. The Bertz CT molecular complexity index is 296. The van der Waals surface area contributed by atoms with Crippen molar-refractivity contribution in [1.82, 2.24) is 10.3 Å². The molecule has 1 aromatic rings. The number of hydrogen-bond donors (Lipinski definition) is 1. The molecule has 1 aliphatic heterocycles. The second-order valence-corrected chi connectivity index (χ2v) is 4.40. The van der Waals surface area contributed by atoms with Crippen molar-refractivity contribution < 1.29 is 4.74 Å². The minimum Gasteiger partial charge on any atom is -0.377 e. The van der Waals surface area contributed by atoms with Crippen LogP contribution in [-0.4, -0.2) is 24.2 Å². The lowest BCUT2D eigenvalue weighted by atomic mass is 10.1. The molecule has 2 atom stereocenters. The lowest BCUT2D eigenvalue weighted by Gasteiger charge is -2.24. The lowest BCUT2D eigenvalue weighted by Crippen LogP contribution is -2.33. The van der Waals surface area contributed by atoms with Gasteiger partial charge in [0.25, 0.3) is 0 Å². The van der Waals surface area contributed by atoms with Crippen LogP contribution >= 0.6 is 0 Å². The van der Waals surface area contributed by atoms with Gasteiger partial charge in [0.1, 0.15) is 0 Å². The molecule has 3 heteroatoms. The van der Waals surface area contributed by atoms with Crippen LogP contribution in [0.25, 0.3) is 0 Å². The molecule has 2 rings (SSSR count). The largest absolute Gasteiger partial charge is 0.377 e. The second kappa shape index (κ2) is 5.97. The topological polar surface area (TPSA) is 34.1 Å². The fourth-order valence-electron chi connectivity index (χ4n) is 2.03. The van der Waals surface area contributed by atoms with Gasteiger partial charge in [0.2, 0.25) is 0 Å². The third-order valence-electron chi connectivity index (χ3n) is 3.11. The first-order valence-corrected chi connectivity index (χ1v) is 6.11. The van der Waals surface area contributed by atoms with Gasteiger partial charge in [-0.05, 0) is 37.8 Å². The summed E-state index contributed by atoms with van der Waals surface area (Å²) >= 11 is 0. The first kappa shape index (κ1) is 11.6. The van der Waals surface area contributed by atoms with Crippen LogP contribution in [0.15, 0.2) is 24.5 Å². The third-order valence-corrected chi connectivity index (χ3v) is 3.11. The maximum Gasteiger partial charge on any atom is 0.0699 e. The highest BCUT2D eigenvalue weighted by molar-refractivity contribution is 5.12. The Hall–Kier alpha value is -0.930. The molecule has 0 spiro atoms. The summed E-state index contributed by atoms with van der Waals surface area (Å²) in [4.78, 5) is 4.13. The zero-order chi connectivity index (χ0) is 11.2. The van der Waals surface area contributed by atoms with Gasteiger partial charge in [-0.15, -0.1) is 0 Å². The molecule has 1 aromatic heterocycles. The van der Waals surface area contributed by atoms with Crippen LogP contribution in [0.1, 0.15) is 37.8 Å². The first-order chi connectivity index (χ1) is 7.86. The summed E-state index contributed by atoms with van der Waals surface area (Å²) in [6.07, 6.45) is 7.82. The van der Waals surface area contributed by atoms with E-state index in [1.165, 1.54) is 24.8 Å². The highest BCUT2D eigenvalue weighted by atomic mass is 16.5. The standard InChI is InChI=1S/C13H20N2O/c1-11(12-5-4-7-14-9-12)15-10-13-6-2-3-8-16-13/h4-5,7,9,11,13,15H,2-3,6,8,10H2,1H3/t11-,13?/m0/s1. The van der Waals surface area contributed by atoms with Crippen LogP contribution in [0.4, 0.5) is 0 Å². The van der Waals surface area contributed by atoms with Crippen LogP contribution in [0.3, 0.4) is 0 Å². The summed E-state index contributed by atoms with van der Waals surface area (Å²) in [6.45, 7) is 4.03. The van der Waals surface area contributed by atoms with Gasteiger partial charge < -0.3 is 10.1 Å². The van der Waals surface area contributed by atoms with Crippen molar-refractivity contribution >= 4 is 0 Å². The first-order valence-electron chi connectivity index (χ1n) is 6.11. The predicted octanol–water partition coefficient (Wildman–Crippen LogP) is 2.30. The zero-order valence-corrected chi connectivity index (χ0v) is 9.86. The molecule has 1 unspecified atom stereocenters. The van der Waals surface area contributed by atoms with Gasteiger partial charge in [-0.1, -0.05) is 6.07 Å². The molecular weight excluding hydrogens is 200 g/mol. The zero-order valence-electron chi connectivity index (χ0n) is 9.86. The molecule has 88 valence electrons.